The van der Waals surface area contributed by atoms with Crippen LogP contribution in [0.1, 0.15) is 12.0 Å². The van der Waals surface area contributed by atoms with E-state index in [1.54, 1.807) is 11.1 Å². The van der Waals surface area contributed by atoms with Crippen LogP contribution < -0.4 is 10.6 Å². The third-order valence-electron chi connectivity index (χ3n) is 3.26. The Kier molecular flexibility index (Phi) is 3.75. The van der Waals surface area contributed by atoms with Gasteiger partial charge in [0, 0.05) is 20.1 Å². The summed E-state index contributed by atoms with van der Waals surface area (Å²) in [4.78, 5) is 20.0. The summed E-state index contributed by atoms with van der Waals surface area (Å²) >= 11 is 3.52. The maximum absolute atomic E-state index is 11.9. The topological polar surface area (TPSA) is 62.5 Å². The molecule has 6 heteroatoms. The zero-order valence-corrected chi connectivity index (χ0v) is 12.2. The minimum Gasteiger partial charge on any atom is -0.397 e. The number of halogens is 1. The van der Waals surface area contributed by atoms with Crippen molar-refractivity contribution in [1.29, 1.82) is 0 Å². The van der Waals surface area contributed by atoms with Gasteiger partial charge in [0.1, 0.15) is 5.82 Å². The van der Waals surface area contributed by atoms with Crippen molar-refractivity contribution in [2.45, 2.75) is 13.3 Å². The van der Waals surface area contributed by atoms with Gasteiger partial charge in [-0.05, 0) is 34.8 Å². The number of nitrogen functional groups attached to an aromatic ring is 1. The van der Waals surface area contributed by atoms with Crippen molar-refractivity contribution in [3.63, 3.8) is 0 Å². The van der Waals surface area contributed by atoms with Gasteiger partial charge in [-0.25, -0.2) is 4.98 Å². The fourth-order valence-corrected chi connectivity index (χ4v) is 2.55. The zero-order valence-electron chi connectivity index (χ0n) is 10.6. The van der Waals surface area contributed by atoms with Gasteiger partial charge in [-0.15, -0.1) is 0 Å². The van der Waals surface area contributed by atoms with Crippen molar-refractivity contribution in [2.24, 2.45) is 0 Å². The Bertz CT molecular complexity index is 477. The molecule has 0 aliphatic carbocycles. The fraction of sp³-hybridized carbons (Fsp3) is 0.500. The van der Waals surface area contributed by atoms with Gasteiger partial charge >= 0.3 is 0 Å². The predicted molar refractivity (Wildman–Crippen MR) is 75.6 cm³/mol. The quantitative estimate of drug-likeness (QED) is 0.851. The Morgan fingerprint density at radius 2 is 2.17 bits per heavy atom. The minimum absolute atomic E-state index is 0.121. The largest absolute Gasteiger partial charge is 0.397 e. The molecular formula is C12H17BrN4O. The zero-order chi connectivity index (χ0) is 13.3. The molecule has 0 unspecified atom stereocenters. The highest BCUT2D eigenvalue weighted by Gasteiger charge is 2.22. The number of carbonyl (C=O) groups is 1. The summed E-state index contributed by atoms with van der Waals surface area (Å²) in [6, 6.07) is 0. The van der Waals surface area contributed by atoms with Crippen LogP contribution in [0.2, 0.25) is 0 Å². The van der Waals surface area contributed by atoms with Gasteiger partial charge in [0.15, 0.2) is 0 Å². The normalized spacial score (nSPS) is 16.9. The average Bonchev–Trinajstić information content (AvgIpc) is 2.50. The molecule has 1 saturated heterocycles. The van der Waals surface area contributed by atoms with E-state index in [1.165, 1.54) is 0 Å². The number of amides is 1. The summed E-state index contributed by atoms with van der Waals surface area (Å²) in [5, 5.41) is 0. The molecule has 0 radical (unpaired) electrons. The third kappa shape index (κ3) is 2.43. The molecule has 18 heavy (non-hydrogen) atoms. The van der Waals surface area contributed by atoms with Crippen LogP contribution in [-0.2, 0) is 4.79 Å². The molecule has 0 aromatic carbocycles. The Labute approximate surface area is 115 Å². The van der Waals surface area contributed by atoms with Gasteiger partial charge in [-0.1, -0.05) is 0 Å². The lowest BCUT2D eigenvalue weighted by atomic mass is 10.2. The Hall–Kier alpha value is -1.30. The van der Waals surface area contributed by atoms with E-state index in [4.69, 9.17) is 5.73 Å². The smallest absolute Gasteiger partial charge is 0.241 e. The van der Waals surface area contributed by atoms with E-state index in [1.807, 2.05) is 18.9 Å². The summed E-state index contributed by atoms with van der Waals surface area (Å²) < 4.78 is 0.875. The molecule has 2 heterocycles. The van der Waals surface area contributed by atoms with Crippen LogP contribution in [0.15, 0.2) is 10.7 Å². The second-order valence-corrected chi connectivity index (χ2v) is 5.36. The van der Waals surface area contributed by atoms with Gasteiger partial charge in [0.25, 0.3) is 0 Å². The molecule has 98 valence electrons. The van der Waals surface area contributed by atoms with E-state index in [-0.39, 0.29) is 5.91 Å². The highest BCUT2D eigenvalue weighted by molar-refractivity contribution is 9.10. The van der Waals surface area contributed by atoms with Crippen LogP contribution >= 0.6 is 15.9 Å². The van der Waals surface area contributed by atoms with E-state index in [0.29, 0.717) is 12.2 Å². The van der Waals surface area contributed by atoms with Crippen molar-refractivity contribution >= 4 is 33.3 Å². The average molecular weight is 313 g/mol. The number of hydrogen-bond acceptors (Lipinski definition) is 4. The lowest BCUT2D eigenvalue weighted by Crippen LogP contribution is -2.35. The number of nitrogens with zero attached hydrogens (tertiary/aromatic N) is 3. The Morgan fingerprint density at radius 1 is 1.44 bits per heavy atom. The van der Waals surface area contributed by atoms with Gasteiger partial charge in [-0.2, -0.15) is 0 Å². The molecule has 0 saturated carbocycles. The van der Waals surface area contributed by atoms with Crippen LogP contribution in [0.4, 0.5) is 11.5 Å². The number of nitrogens with two attached hydrogens (primary N) is 1. The number of carbonyl (C=O) groups excluding carboxylic acids is 1. The second kappa shape index (κ2) is 5.14. The van der Waals surface area contributed by atoms with Gasteiger partial charge in [0.05, 0.1) is 22.9 Å². The maximum atomic E-state index is 11.9. The summed E-state index contributed by atoms with van der Waals surface area (Å²) in [6.07, 6.45) is 2.59. The maximum Gasteiger partial charge on any atom is 0.241 e. The second-order valence-electron chi connectivity index (χ2n) is 4.57. The highest BCUT2D eigenvalue weighted by atomic mass is 79.9. The van der Waals surface area contributed by atoms with Crippen molar-refractivity contribution in [3.8, 4) is 0 Å². The lowest BCUT2D eigenvalue weighted by Gasteiger charge is -2.23. The Morgan fingerprint density at radius 3 is 2.89 bits per heavy atom. The number of hydrogen-bond donors (Lipinski definition) is 1. The summed E-state index contributed by atoms with van der Waals surface area (Å²) in [5.41, 5.74) is 7.43. The molecule has 1 aliphatic heterocycles. The fourth-order valence-electron chi connectivity index (χ4n) is 1.97. The highest BCUT2D eigenvalue weighted by Crippen LogP contribution is 2.30. The SMILES string of the molecule is Cc1c(N)cnc(N2CCCN(C)C(=O)C2)c1Br. The van der Waals surface area contributed by atoms with E-state index in [2.05, 4.69) is 20.9 Å². The molecule has 2 rings (SSSR count). The molecule has 0 bridgehead atoms. The van der Waals surface area contributed by atoms with Crippen LogP contribution in [0, 0.1) is 6.92 Å². The van der Waals surface area contributed by atoms with E-state index >= 15 is 0 Å². The molecule has 1 aromatic rings. The first-order chi connectivity index (χ1) is 8.50. The number of anilines is 2. The number of pyridine rings is 1. The first-order valence-corrected chi connectivity index (χ1v) is 6.69. The number of aromatic nitrogens is 1. The number of likely N-dealkylation sites (N-methyl/N-ethyl adjacent to an activating group) is 1. The predicted octanol–water partition coefficient (Wildman–Crippen LogP) is 1.40. The van der Waals surface area contributed by atoms with E-state index in [9.17, 15) is 4.79 Å². The van der Waals surface area contributed by atoms with Crippen molar-refractivity contribution in [3.05, 3.63) is 16.2 Å². The van der Waals surface area contributed by atoms with Crippen LogP contribution in [0.3, 0.4) is 0 Å². The summed E-state index contributed by atoms with van der Waals surface area (Å²) in [5.74, 6) is 0.918. The third-order valence-corrected chi connectivity index (χ3v) is 4.21. The van der Waals surface area contributed by atoms with Gasteiger partial charge in [0.2, 0.25) is 5.91 Å². The van der Waals surface area contributed by atoms with Crippen molar-refractivity contribution in [2.75, 3.05) is 37.3 Å². The van der Waals surface area contributed by atoms with Crippen LogP contribution in [-0.4, -0.2) is 42.5 Å². The van der Waals surface area contributed by atoms with Gasteiger partial charge in [-0.3, -0.25) is 4.79 Å². The van der Waals surface area contributed by atoms with E-state index in [0.717, 1.165) is 35.4 Å². The minimum atomic E-state index is 0.121. The monoisotopic (exact) mass is 312 g/mol. The molecule has 1 aliphatic rings. The molecule has 5 nitrogen and oxygen atoms in total. The standard InChI is InChI=1S/C12H17BrN4O/c1-8-9(14)6-15-12(11(8)13)17-5-3-4-16(2)10(18)7-17/h6H,3-5,7,14H2,1-2H3. The number of rotatable bonds is 1. The molecule has 1 fully saturated rings. The molecule has 0 atom stereocenters. The first-order valence-electron chi connectivity index (χ1n) is 5.90. The molecule has 2 N–H and O–H groups in total. The molecule has 1 amide bonds. The molecule has 1 aromatic heterocycles. The molecule has 0 spiro atoms. The van der Waals surface area contributed by atoms with Crippen LogP contribution in [0.25, 0.3) is 0 Å². The first kappa shape index (κ1) is 13.1. The van der Waals surface area contributed by atoms with Crippen molar-refractivity contribution < 1.29 is 4.79 Å². The molecular weight excluding hydrogens is 296 g/mol. The summed E-state index contributed by atoms with van der Waals surface area (Å²) in [7, 11) is 1.84. The Balaban J connectivity index is 2.31. The lowest BCUT2D eigenvalue weighted by molar-refractivity contribution is -0.127. The van der Waals surface area contributed by atoms with Crippen molar-refractivity contribution in [1.82, 2.24) is 9.88 Å². The van der Waals surface area contributed by atoms with E-state index < -0.39 is 0 Å². The van der Waals surface area contributed by atoms with Crippen LogP contribution in [0.5, 0.6) is 0 Å². The van der Waals surface area contributed by atoms with Gasteiger partial charge < -0.3 is 15.5 Å². The summed E-state index contributed by atoms with van der Waals surface area (Å²) in [6.45, 7) is 3.92.